The molecule has 8 nitrogen and oxygen atoms in total. The lowest BCUT2D eigenvalue weighted by molar-refractivity contribution is -0.385. The summed E-state index contributed by atoms with van der Waals surface area (Å²) in [6.07, 6.45) is 2.52. The van der Waals surface area contributed by atoms with Gasteiger partial charge in [-0.1, -0.05) is 0 Å². The molecule has 3 rings (SSSR count). The van der Waals surface area contributed by atoms with E-state index >= 15 is 0 Å². The molecule has 2 aromatic carbocycles. The summed E-state index contributed by atoms with van der Waals surface area (Å²) in [5.74, 6) is 0. The van der Waals surface area contributed by atoms with Gasteiger partial charge in [-0.05, 0) is 35.4 Å². The van der Waals surface area contributed by atoms with Gasteiger partial charge >= 0.3 is 0 Å². The number of non-ortho nitro benzene ring substituents is 2. The Hall–Kier alpha value is -3.81. The lowest BCUT2D eigenvalue weighted by Crippen LogP contribution is -2.07. The number of benzene rings is 2. The van der Waals surface area contributed by atoms with Crippen LogP contribution in [0.2, 0.25) is 0 Å². The van der Waals surface area contributed by atoms with Crippen molar-refractivity contribution in [2.24, 2.45) is 0 Å². The SMILES string of the molecule is O=c1c(-c2ccc([N+](=O)[O-])cc2)cocc1-c1ccc([N+](=O)[O-])cc1. The van der Waals surface area contributed by atoms with Crippen molar-refractivity contribution in [1.82, 2.24) is 0 Å². The maximum atomic E-state index is 12.7. The zero-order valence-corrected chi connectivity index (χ0v) is 12.6. The number of hydrogen-bond acceptors (Lipinski definition) is 6. The average molecular weight is 338 g/mol. The summed E-state index contributed by atoms with van der Waals surface area (Å²) in [6, 6.07) is 11.0. The molecule has 0 saturated heterocycles. The Morgan fingerprint density at radius 2 is 1.04 bits per heavy atom. The molecule has 1 aromatic heterocycles. The van der Waals surface area contributed by atoms with Gasteiger partial charge in [0.25, 0.3) is 11.4 Å². The second kappa shape index (κ2) is 6.36. The van der Waals surface area contributed by atoms with E-state index in [9.17, 15) is 25.0 Å². The van der Waals surface area contributed by atoms with Gasteiger partial charge in [-0.25, -0.2) is 0 Å². The average Bonchev–Trinajstić information content (AvgIpc) is 2.62. The highest BCUT2D eigenvalue weighted by Gasteiger charge is 2.13. The molecular formula is C17H10N2O6. The van der Waals surface area contributed by atoms with Gasteiger partial charge in [-0.2, -0.15) is 0 Å². The van der Waals surface area contributed by atoms with Gasteiger partial charge in [0, 0.05) is 24.3 Å². The van der Waals surface area contributed by atoms with E-state index in [4.69, 9.17) is 4.42 Å². The van der Waals surface area contributed by atoms with Crippen molar-refractivity contribution in [3.8, 4) is 22.3 Å². The largest absolute Gasteiger partial charge is 0.471 e. The second-order valence-electron chi connectivity index (χ2n) is 5.14. The summed E-state index contributed by atoms with van der Waals surface area (Å²) < 4.78 is 5.22. The predicted octanol–water partition coefficient (Wildman–Crippen LogP) is 3.79. The molecule has 3 aromatic rings. The third-order valence-electron chi connectivity index (χ3n) is 3.64. The molecule has 0 bridgehead atoms. The minimum atomic E-state index is -0.528. The molecule has 124 valence electrons. The fourth-order valence-corrected chi connectivity index (χ4v) is 2.35. The Bertz CT molecular complexity index is 928. The van der Waals surface area contributed by atoms with Crippen LogP contribution in [0.1, 0.15) is 0 Å². The van der Waals surface area contributed by atoms with Crippen LogP contribution < -0.4 is 5.43 Å². The monoisotopic (exact) mass is 338 g/mol. The van der Waals surface area contributed by atoms with Crippen LogP contribution >= 0.6 is 0 Å². The van der Waals surface area contributed by atoms with E-state index < -0.39 is 9.85 Å². The van der Waals surface area contributed by atoms with Crippen LogP contribution in [-0.2, 0) is 0 Å². The van der Waals surface area contributed by atoms with Crippen LogP contribution in [0.25, 0.3) is 22.3 Å². The topological polar surface area (TPSA) is 116 Å². The summed E-state index contributed by atoms with van der Waals surface area (Å²) in [7, 11) is 0. The molecule has 0 aliphatic rings. The minimum Gasteiger partial charge on any atom is -0.471 e. The lowest BCUT2D eigenvalue weighted by atomic mass is 10.0. The van der Waals surface area contributed by atoms with Crippen LogP contribution in [0.4, 0.5) is 11.4 Å². The van der Waals surface area contributed by atoms with Gasteiger partial charge in [-0.15, -0.1) is 0 Å². The zero-order chi connectivity index (χ0) is 18.0. The third kappa shape index (κ3) is 3.13. The highest BCUT2D eigenvalue weighted by molar-refractivity contribution is 5.71. The molecule has 0 radical (unpaired) electrons. The van der Waals surface area contributed by atoms with Gasteiger partial charge in [0.15, 0.2) is 5.43 Å². The summed E-state index contributed by atoms with van der Waals surface area (Å²) >= 11 is 0. The molecule has 25 heavy (non-hydrogen) atoms. The third-order valence-corrected chi connectivity index (χ3v) is 3.64. The van der Waals surface area contributed by atoms with Gasteiger partial charge in [0.05, 0.1) is 21.0 Å². The van der Waals surface area contributed by atoms with Crippen LogP contribution in [0.5, 0.6) is 0 Å². The van der Waals surface area contributed by atoms with Gasteiger partial charge in [0.1, 0.15) is 12.5 Å². The van der Waals surface area contributed by atoms with Crippen LogP contribution in [0.15, 0.2) is 70.3 Å². The molecule has 0 unspecified atom stereocenters. The Labute approximate surface area is 140 Å². The van der Waals surface area contributed by atoms with Crippen molar-refractivity contribution >= 4 is 11.4 Å². The number of hydrogen-bond donors (Lipinski definition) is 0. The molecule has 0 aliphatic carbocycles. The Balaban J connectivity index is 2.04. The number of nitro benzene ring substituents is 2. The fourth-order valence-electron chi connectivity index (χ4n) is 2.35. The van der Waals surface area contributed by atoms with E-state index in [1.165, 1.54) is 61.1 Å². The van der Waals surface area contributed by atoms with Gasteiger partial charge in [0.2, 0.25) is 0 Å². The lowest BCUT2D eigenvalue weighted by Gasteiger charge is -2.04. The van der Waals surface area contributed by atoms with E-state index in [-0.39, 0.29) is 27.9 Å². The van der Waals surface area contributed by atoms with Crippen molar-refractivity contribution in [3.05, 3.63) is 91.5 Å². The molecule has 0 saturated carbocycles. The first-order valence-corrected chi connectivity index (χ1v) is 7.07. The van der Waals surface area contributed by atoms with E-state index in [1.807, 2.05) is 0 Å². The minimum absolute atomic E-state index is 0.0836. The Morgan fingerprint density at radius 3 is 1.36 bits per heavy atom. The maximum absolute atomic E-state index is 12.7. The van der Waals surface area contributed by atoms with Crippen LogP contribution in [0, 0.1) is 20.2 Å². The molecule has 8 heteroatoms. The summed E-state index contributed by atoms with van der Waals surface area (Å²) in [6.45, 7) is 0. The molecular weight excluding hydrogens is 328 g/mol. The van der Waals surface area contributed by atoms with Gasteiger partial charge < -0.3 is 4.42 Å². The second-order valence-corrected chi connectivity index (χ2v) is 5.14. The first-order valence-electron chi connectivity index (χ1n) is 7.07. The van der Waals surface area contributed by atoms with Crippen LogP contribution in [-0.4, -0.2) is 9.85 Å². The first-order chi connectivity index (χ1) is 12.0. The smallest absolute Gasteiger partial charge is 0.269 e. The van der Waals surface area contributed by atoms with Crippen molar-refractivity contribution < 1.29 is 14.3 Å². The standard InChI is InChI=1S/C17H10N2O6/c20-17-15(11-1-5-13(6-2-11)18(21)22)9-25-10-16(17)12-3-7-14(8-4-12)19(23)24/h1-10H. The predicted molar refractivity (Wildman–Crippen MR) is 89.2 cm³/mol. The molecule has 0 spiro atoms. The number of rotatable bonds is 4. The highest BCUT2D eigenvalue weighted by Crippen LogP contribution is 2.24. The molecule has 0 atom stereocenters. The van der Waals surface area contributed by atoms with E-state index in [0.29, 0.717) is 11.1 Å². The van der Waals surface area contributed by atoms with E-state index in [2.05, 4.69) is 0 Å². The van der Waals surface area contributed by atoms with E-state index in [1.54, 1.807) is 0 Å². The van der Waals surface area contributed by atoms with Crippen LogP contribution in [0.3, 0.4) is 0 Å². The molecule has 0 amide bonds. The number of nitro groups is 2. The first kappa shape index (κ1) is 16.1. The number of nitrogens with zero attached hydrogens (tertiary/aromatic N) is 2. The van der Waals surface area contributed by atoms with E-state index in [0.717, 1.165) is 0 Å². The summed E-state index contributed by atoms with van der Waals surface area (Å²) in [5.41, 5.74) is 0.927. The van der Waals surface area contributed by atoms with Crippen molar-refractivity contribution in [3.63, 3.8) is 0 Å². The molecule has 1 heterocycles. The Kier molecular flexibility index (Phi) is 4.09. The summed E-state index contributed by atoms with van der Waals surface area (Å²) in [5, 5.41) is 21.4. The zero-order valence-electron chi connectivity index (χ0n) is 12.6. The normalized spacial score (nSPS) is 10.4. The van der Waals surface area contributed by atoms with Crippen molar-refractivity contribution in [2.75, 3.05) is 0 Å². The van der Waals surface area contributed by atoms with Gasteiger partial charge in [-0.3, -0.25) is 25.0 Å². The van der Waals surface area contributed by atoms with Crippen molar-refractivity contribution in [2.45, 2.75) is 0 Å². The fraction of sp³-hybridized carbons (Fsp3) is 0. The highest BCUT2D eigenvalue weighted by atomic mass is 16.6. The molecule has 0 fully saturated rings. The Morgan fingerprint density at radius 1 is 0.680 bits per heavy atom. The quantitative estimate of drug-likeness (QED) is 0.527. The molecule has 0 aliphatic heterocycles. The summed E-state index contributed by atoms with van der Waals surface area (Å²) in [4.78, 5) is 33.0. The maximum Gasteiger partial charge on any atom is 0.269 e. The molecule has 0 N–H and O–H groups in total. The van der Waals surface area contributed by atoms with Crippen molar-refractivity contribution in [1.29, 1.82) is 0 Å².